The Hall–Kier alpha value is -5.24. The maximum atomic E-state index is 5.91. The maximum absolute atomic E-state index is 5.91. The lowest BCUT2D eigenvalue weighted by Gasteiger charge is -2.34. The van der Waals surface area contributed by atoms with Gasteiger partial charge in [-0.3, -0.25) is 0 Å². The van der Waals surface area contributed by atoms with E-state index in [1.165, 1.54) is 33.4 Å². The van der Waals surface area contributed by atoms with Crippen molar-refractivity contribution >= 4 is 0 Å². The molecule has 0 radical (unpaired) electrons. The first-order chi connectivity index (χ1) is 26.3. The van der Waals surface area contributed by atoms with Gasteiger partial charge in [-0.05, 0) is 79.9 Å². The van der Waals surface area contributed by atoms with Crippen LogP contribution in [0.3, 0.4) is 0 Å². The van der Waals surface area contributed by atoms with Crippen LogP contribution in [0.2, 0.25) is 0 Å². The summed E-state index contributed by atoms with van der Waals surface area (Å²) < 4.78 is 33.4. The quantitative estimate of drug-likeness (QED) is 0.0741. The van der Waals surface area contributed by atoms with Crippen LogP contribution < -0.4 is 9.47 Å². The molecule has 6 heteroatoms. The molecule has 0 bridgehead atoms. The summed E-state index contributed by atoms with van der Waals surface area (Å²) in [4.78, 5) is 0. The molecule has 3 aliphatic rings. The van der Waals surface area contributed by atoms with Crippen LogP contribution in [0.15, 0.2) is 146 Å². The second-order valence-electron chi connectivity index (χ2n) is 13.8. The van der Waals surface area contributed by atoms with Crippen LogP contribution >= 0.6 is 0 Å². The van der Waals surface area contributed by atoms with Crippen molar-refractivity contribution in [2.45, 2.75) is 17.6 Å². The fraction of sp³-hybridized carbons (Fsp3) is 0.234. The van der Waals surface area contributed by atoms with Gasteiger partial charge in [0.1, 0.15) is 36.9 Å². The average Bonchev–Trinajstić information content (AvgIpc) is 4.17. The number of rotatable bonds is 16. The van der Waals surface area contributed by atoms with Crippen molar-refractivity contribution in [3.63, 3.8) is 0 Å². The van der Waals surface area contributed by atoms with Gasteiger partial charge in [-0.1, -0.05) is 121 Å². The summed E-state index contributed by atoms with van der Waals surface area (Å²) in [5.41, 5.74) is 11.8. The number of epoxide rings is 2. The van der Waals surface area contributed by atoms with E-state index in [4.69, 9.17) is 28.4 Å². The summed E-state index contributed by atoms with van der Waals surface area (Å²) in [7, 11) is 0. The third-order valence-corrected chi connectivity index (χ3v) is 10.4. The fourth-order valence-electron chi connectivity index (χ4n) is 7.53. The third-order valence-electron chi connectivity index (χ3n) is 10.4. The molecule has 0 amide bonds. The van der Waals surface area contributed by atoms with E-state index in [0.29, 0.717) is 39.6 Å². The zero-order chi connectivity index (χ0) is 35.5. The Morgan fingerprint density at radius 1 is 0.434 bits per heavy atom. The fourth-order valence-corrected chi connectivity index (χ4v) is 7.53. The summed E-state index contributed by atoms with van der Waals surface area (Å²) in [5, 5.41) is 0. The van der Waals surface area contributed by atoms with E-state index in [2.05, 4.69) is 121 Å². The molecular weight excluding hydrogens is 661 g/mol. The molecule has 0 saturated carbocycles. The topological polar surface area (TPSA) is 62.0 Å². The first kappa shape index (κ1) is 33.6. The van der Waals surface area contributed by atoms with Crippen LogP contribution in [-0.4, -0.2) is 65.1 Å². The van der Waals surface area contributed by atoms with Crippen molar-refractivity contribution in [1.82, 2.24) is 0 Å². The highest BCUT2D eigenvalue weighted by Gasteiger charge is 2.45. The molecule has 2 aliphatic heterocycles. The lowest BCUT2D eigenvalue weighted by atomic mass is 9.67. The van der Waals surface area contributed by atoms with Gasteiger partial charge >= 0.3 is 0 Å². The highest BCUT2D eigenvalue weighted by atomic mass is 16.6. The molecular formula is C47H42O6. The van der Waals surface area contributed by atoms with Crippen molar-refractivity contribution in [2.75, 3.05) is 52.9 Å². The Balaban J connectivity index is 0.971. The Bertz CT molecular complexity index is 1980. The second-order valence-corrected chi connectivity index (χ2v) is 13.8. The van der Waals surface area contributed by atoms with Gasteiger partial charge in [-0.15, -0.1) is 0 Å². The smallest absolute Gasteiger partial charge is 0.119 e. The molecule has 6 nitrogen and oxygen atoms in total. The summed E-state index contributed by atoms with van der Waals surface area (Å²) in [6, 6.07) is 52.5. The van der Waals surface area contributed by atoms with Crippen molar-refractivity contribution in [3.8, 4) is 44.9 Å². The highest BCUT2D eigenvalue weighted by molar-refractivity contribution is 5.86. The van der Waals surface area contributed by atoms with Gasteiger partial charge < -0.3 is 28.4 Å². The number of hydrogen-bond acceptors (Lipinski definition) is 6. The number of benzene rings is 6. The minimum atomic E-state index is -0.471. The minimum absolute atomic E-state index is 0.272. The molecule has 0 N–H and O–H groups in total. The van der Waals surface area contributed by atoms with Gasteiger partial charge in [0.05, 0.1) is 45.1 Å². The van der Waals surface area contributed by atoms with Gasteiger partial charge in [0.15, 0.2) is 0 Å². The van der Waals surface area contributed by atoms with Crippen molar-refractivity contribution < 1.29 is 28.4 Å². The molecule has 2 unspecified atom stereocenters. The molecule has 266 valence electrons. The lowest BCUT2D eigenvalue weighted by Crippen LogP contribution is -2.28. The van der Waals surface area contributed by atoms with E-state index in [1.807, 2.05) is 24.3 Å². The van der Waals surface area contributed by atoms with Gasteiger partial charge in [0.25, 0.3) is 0 Å². The molecule has 2 saturated heterocycles. The molecule has 9 rings (SSSR count). The zero-order valence-electron chi connectivity index (χ0n) is 29.6. The summed E-state index contributed by atoms with van der Waals surface area (Å²) in [6.45, 7) is 5.03. The predicted octanol–water partition coefficient (Wildman–Crippen LogP) is 8.97. The first-order valence-electron chi connectivity index (χ1n) is 18.5. The largest absolute Gasteiger partial charge is 0.491 e. The normalized spacial score (nSPS) is 17.5. The van der Waals surface area contributed by atoms with Crippen molar-refractivity contribution in [3.05, 3.63) is 168 Å². The second kappa shape index (κ2) is 15.0. The first-order valence-corrected chi connectivity index (χ1v) is 18.5. The van der Waals surface area contributed by atoms with Crippen LogP contribution in [0, 0.1) is 0 Å². The van der Waals surface area contributed by atoms with Crippen LogP contribution in [0.25, 0.3) is 33.4 Å². The van der Waals surface area contributed by atoms with Gasteiger partial charge in [0, 0.05) is 0 Å². The van der Waals surface area contributed by atoms with Crippen LogP contribution in [0.4, 0.5) is 0 Å². The van der Waals surface area contributed by atoms with E-state index in [1.54, 1.807) is 0 Å². The number of ether oxygens (including phenoxy) is 6. The van der Waals surface area contributed by atoms with Crippen LogP contribution in [0.5, 0.6) is 11.5 Å². The monoisotopic (exact) mass is 702 g/mol. The summed E-state index contributed by atoms with van der Waals surface area (Å²) >= 11 is 0. The lowest BCUT2D eigenvalue weighted by molar-refractivity contribution is 0.0878. The maximum Gasteiger partial charge on any atom is 0.119 e. The van der Waals surface area contributed by atoms with Crippen molar-refractivity contribution in [1.29, 1.82) is 0 Å². The average molecular weight is 703 g/mol. The molecule has 1 aliphatic carbocycles. The predicted molar refractivity (Wildman–Crippen MR) is 207 cm³/mol. The van der Waals surface area contributed by atoms with E-state index in [9.17, 15) is 0 Å². The molecule has 53 heavy (non-hydrogen) atoms. The Morgan fingerprint density at radius 3 is 1.17 bits per heavy atom. The molecule has 0 aromatic heterocycles. The van der Waals surface area contributed by atoms with Crippen LogP contribution in [0.1, 0.15) is 22.3 Å². The van der Waals surface area contributed by atoms with Crippen LogP contribution in [-0.2, 0) is 24.4 Å². The Kier molecular flexibility index (Phi) is 9.51. The molecule has 2 heterocycles. The Labute approximate surface area is 310 Å². The zero-order valence-corrected chi connectivity index (χ0v) is 29.6. The summed E-state index contributed by atoms with van der Waals surface area (Å²) in [6.07, 6.45) is 0.544. The third kappa shape index (κ3) is 7.11. The molecule has 6 aromatic rings. The van der Waals surface area contributed by atoms with E-state index >= 15 is 0 Å². The molecule has 2 fully saturated rings. The molecule has 6 aromatic carbocycles. The Morgan fingerprint density at radius 2 is 0.792 bits per heavy atom. The van der Waals surface area contributed by atoms with E-state index in [0.717, 1.165) is 47.0 Å². The SMILES string of the molecule is c1ccc2c(c1)-c1ccccc1C2(c1ccc(-c2ccc(OCCOCC3CO3)cc2)cc1)c1ccc(-c2ccc(OCCOCC3CO3)cc2)cc1. The van der Waals surface area contributed by atoms with Gasteiger partial charge in [0.2, 0.25) is 0 Å². The van der Waals surface area contributed by atoms with Gasteiger partial charge in [-0.25, -0.2) is 0 Å². The number of hydrogen-bond donors (Lipinski definition) is 0. The van der Waals surface area contributed by atoms with Crippen molar-refractivity contribution in [2.24, 2.45) is 0 Å². The molecule has 0 spiro atoms. The molecule has 2 atom stereocenters. The minimum Gasteiger partial charge on any atom is -0.491 e. The van der Waals surface area contributed by atoms with E-state index in [-0.39, 0.29) is 12.2 Å². The van der Waals surface area contributed by atoms with E-state index < -0.39 is 5.41 Å². The van der Waals surface area contributed by atoms with Gasteiger partial charge in [-0.2, -0.15) is 0 Å². The highest BCUT2D eigenvalue weighted by Crippen LogP contribution is 2.56. The summed E-state index contributed by atoms with van der Waals surface area (Å²) in [5.74, 6) is 1.67. The standard InChI is InChI=1S/C47H42O6/c1-3-7-45-43(5-1)44-6-2-4-8-46(44)47(45,37-17-9-33(10-18-37)35-13-21-39(22-14-35)50-27-25-48-29-41-31-52-41)38-19-11-34(12-20-38)36-15-23-40(24-16-36)51-28-26-49-30-42-32-53-42/h1-24,41-42H,25-32H2. The number of fused-ring (bicyclic) bond motifs is 3.